The van der Waals surface area contributed by atoms with Crippen molar-refractivity contribution in [1.29, 1.82) is 0 Å². The highest BCUT2D eigenvalue weighted by Gasteiger charge is 2.33. The molecule has 0 radical (unpaired) electrons. The third kappa shape index (κ3) is 5.12. The molecule has 34 heavy (non-hydrogen) atoms. The molecule has 0 unspecified atom stereocenters. The normalized spacial score (nSPS) is 11.2. The fourth-order valence-electron chi connectivity index (χ4n) is 3.20. The zero-order chi connectivity index (χ0) is 24.3. The maximum atomic E-state index is 13.0. The van der Waals surface area contributed by atoms with Crippen LogP contribution in [0.1, 0.15) is 5.56 Å². The van der Waals surface area contributed by atoms with E-state index < -0.39 is 22.8 Å². The Morgan fingerprint density at radius 3 is 2.44 bits per heavy atom. The zero-order valence-corrected chi connectivity index (χ0v) is 18.3. The van der Waals surface area contributed by atoms with Crippen LogP contribution in [0.5, 0.6) is 11.5 Å². The number of hydrogen-bond acceptors (Lipinski definition) is 5. The maximum absolute atomic E-state index is 13.0. The highest BCUT2D eigenvalue weighted by atomic mass is 35.5. The number of amides is 2. The van der Waals surface area contributed by atoms with Crippen LogP contribution in [0.25, 0.3) is 10.9 Å². The number of anilines is 3. The SMILES string of the molecule is CNc1nccc2c(Oc3cccc(NC(=O)Nc4ccc(Cl)c(C(F)(F)F)c4)c3)ccnc12. The fourth-order valence-corrected chi connectivity index (χ4v) is 3.43. The number of urea groups is 1. The summed E-state index contributed by atoms with van der Waals surface area (Å²) in [4.78, 5) is 20.9. The van der Waals surface area contributed by atoms with Gasteiger partial charge >= 0.3 is 12.2 Å². The molecule has 0 saturated heterocycles. The number of nitrogens with zero attached hydrogens (tertiary/aromatic N) is 2. The topological polar surface area (TPSA) is 88.2 Å². The van der Waals surface area contributed by atoms with Crippen LogP contribution >= 0.6 is 11.6 Å². The summed E-state index contributed by atoms with van der Waals surface area (Å²) in [6, 6.07) is 12.4. The molecule has 2 amide bonds. The van der Waals surface area contributed by atoms with E-state index in [2.05, 4.69) is 25.9 Å². The summed E-state index contributed by atoms with van der Waals surface area (Å²) in [5, 5.41) is 8.19. The molecule has 3 N–H and O–H groups in total. The third-order valence-electron chi connectivity index (χ3n) is 4.71. The minimum absolute atomic E-state index is 0.0566. The molecule has 2 heterocycles. The first kappa shape index (κ1) is 23.1. The molecule has 4 rings (SSSR count). The lowest BCUT2D eigenvalue weighted by Gasteiger charge is -2.13. The summed E-state index contributed by atoms with van der Waals surface area (Å²) in [5.41, 5.74) is -0.0873. The predicted octanol–water partition coefficient (Wildman–Crippen LogP) is 6.78. The van der Waals surface area contributed by atoms with Crippen LogP contribution in [-0.2, 0) is 6.18 Å². The van der Waals surface area contributed by atoms with Gasteiger partial charge in [0.1, 0.15) is 17.0 Å². The van der Waals surface area contributed by atoms with Gasteiger partial charge in [-0.15, -0.1) is 0 Å². The Hall–Kier alpha value is -4.05. The molecule has 0 bridgehead atoms. The van der Waals surface area contributed by atoms with Gasteiger partial charge in [-0.2, -0.15) is 13.2 Å². The minimum atomic E-state index is -4.64. The Morgan fingerprint density at radius 1 is 0.971 bits per heavy atom. The molecule has 0 atom stereocenters. The maximum Gasteiger partial charge on any atom is 0.417 e. The van der Waals surface area contributed by atoms with E-state index in [1.54, 1.807) is 55.8 Å². The van der Waals surface area contributed by atoms with Crippen LogP contribution in [0.3, 0.4) is 0 Å². The van der Waals surface area contributed by atoms with E-state index in [1.165, 1.54) is 6.07 Å². The van der Waals surface area contributed by atoms with Crippen molar-refractivity contribution in [2.75, 3.05) is 23.0 Å². The van der Waals surface area contributed by atoms with Gasteiger partial charge in [0.2, 0.25) is 0 Å². The van der Waals surface area contributed by atoms with Crippen molar-refractivity contribution in [3.63, 3.8) is 0 Å². The first-order chi connectivity index (χ1) is 16.2. The Balaban J connectivity index is 1.50. The summed E-state index contributed by atoms with van der Waals surface area (Å²) in [6.07, 6.45) is -1.42. The summed E-state index contributed by atoms with van der Waals surface area (Å²) in [6.45, 7) is 0. The van der Waals surface area contributed by atoms with Crippen molar-refractivity contribution in [1.82, 2.24) is 9.97 Å². The Morgan fingerprint density at radius 2 is 1.71 bits per heavy atom. The van der Waals surface area contributed by atoms with Crippen LogP contribution < -0.4 is 20.7 Å². The van der Waals surface area contributed by atoms with Crippen molar-refractivity contribution < 1.29 is 22.7 Å². The van der Waals surface area contributed by atoms with Crippen LogP contribution in [0, 0.1) is 0 Å². The molecule has 0 fully saturated rings. The molecule has 11 heteroatoms. The highest BCUT2D eigenvalue weighted by Crippen LogP contribution is 2.36. The van der Waals surface area contributed by atoms with Gasteiger partial charge in [0.15, 0.2) is 5.82 Å². The highest BCUT2D eigenvalue weighted by molar-refractivity contribution is 6.31. The van der Waals surface area contributed by atoms with Gasteiger partial charge in [-0.1, -0.05) is 17.7 Å². The van der Waals surface area contributed by atoms with E-state index in [4.69, 9.17) is 16.3 Å². The van der Waals surface area contributed by atoms with Gasteiger partial charge in [0.05, 0.1) is 10.6 Å². The van der Waals surface area contributed by atoms with Crippen molar-refractivity contribution in [3.8, 4) is 11.5 Å². The Bertz CT molecular complexity index is 1360. The monoisotopic (exact) mass is 487 g/mol. The van der Waals surface area contributed by atoms with Crippen LogP contribution in [0.2, 0.25) is 5.02 Å². The third-order valence-corrected chi connectivity index (χ3v) is 5.03. The number of carbonyl (C=O) groups excluding carboxylic acids is 1. The van der Waals surface area contributed by atoms with E-state index in [0.29, 0.717) is 28.5 Å². The van der Waals surface area contributed by atoms with Crippen LogP contribution in [0.4, 0.5) is 35.2 Å². The van der Waals surface area contributed by atoms with Crippen molar-refractivity contribution in [2.45, 2.75) is 6.18 Å². The molecule has 2 aromatic carbocycles. The molecule has 0 aliphatic carbocycles. The molecule has 7 nitrogen and oxygen atoms in total. The summed E-state index contributed by atoms with van der Waals surface area (Å²) in [5.74, 6) is 1.57. The molecule has 0 aliphatic rings. The lowest BCUT2D eigenvalue weighted by molar-refractivity contribution is -0.137. The second kappa shape index (κ2) is 9.44. The molecule has 4 aromatic rings. The van der Waals surface area contributed by atoms with Gasteiger partial charge in [0, 0.05) is 42.3 Å². The van der Waals surface area contributed by atoms with Crippen LogP contribution in [0.15, 0.2) is 67.0 Å². The van der Waals surface area contributed by atoms with Gasteiger partial charge in [-0.3, -0.25) is 4.98 Å². The van der Waals surface area contributed by atoms with Crippen LogP contribution in [-0.4, -0.2) is 23.0 Å². The number of alkyl halides is 3. The Labute approximate surface area is 196 Å². The number of ether oxygens (including phenoxy) is 1. The van der Waals surface area contributed by atoms with Crippen molar-refractivity contribution in [3.05, 3.63) is 77.6 Å². The lowest BCUT2D eigenvalue weighted by atomic mass is 10.2. The second-order valence-electron chi connectivity index (χ2n) is 7.02. The van der Waals surface area contributed by atoms with E-state index in [1.807, 2.05) is 0 Å². The smallest absolute Gasteiger partial charge is 0.417 e. The van der Waals surface area contributed by atoms with Gasteiger partial charge < -0.3 is 20.7 Å². The van der Waals surface area contributed by atoms with Gasteiger partial charge in [0.25, 0.3) is 0 Å². The summed E-state index contributed by atoms with van der Waals surface area (Å²) in [7, 11) is 1.74. The van der Waals surface area contributed by atoms with E-state index in [9.17, 15) is 18.0 Å². The molecule has 0 saturated carbocycles. The standard InChI is InChI=1S/C23H17ClF3N5O2/c1-28-21-20-16(7-9-30-21)19(8-10-29-20)34-15-4-2-3-13(11-15)31-22(33)32-14-5-6-18(24)17(12-14)23(25,26)27/h2-12H,1H3,(H,28,30)(H2,31,32,33). The minimum Gasteiger partial charge on any atom is -0.457 e. The summed E-state index contributed by atoms with van der Waals surface area (Å²) < 4.78 is 45.1. The fraction of sp³-hybridized carbons (Fsp3) is 0.0870. The first-order valence-electron chi connectivity index (χ1n) is 9.89. The largest absolute Gasteiger partial charge is 0.457 e. The Kier molecular flexibility index (Phi) is 6.42. The van der Waals surface area contributed by atoms with E-state index >= 15 is 0 Å². The summed E-state index contributed by atoms with van der Waals surface area (Å²) >= 11 is 5.61. The zero-order valence-electron chi connectivity index (χ0n) is 17.6. The number of carbonyl (C=O) groups is 1. The number of fused-ring (bicyclic) bond motifs is 1. The second-order valence-corrected chi connectivity index (χ2v) is 7.42. The number of aromatic nitrogens is 2. The van der Waals surface area contributed by atoms with Gasteiger partial charge in [-0.25, -0.2) is 9.78 Å². The predicted molar refractivity (Wildman–Crippen MR) is 125 cm³/mol. The number of hydrogen-bond donors (Lipinski definition) is 3. The molecule has 174 valence electrons. The quantitative estimate of drug-likeness (QED) is 0.289. The average Bonchev–Trinajstić information content (AvgIpc) is 2.79. The number of benzene rings is 2. The molecule has 0 aliphatic heterocycles. The lowest BCUT2D eigenvalue weighted by Crippen LogP contribution is -2.20. The number of pyridine rings is 2. The molecule has 0 spiro atoms. The van der Waals surface area contributed by atoms with E-state index in [0.717, 1.165) is 17.5 Å². The van der Waals surface area contributed by atoms with E-state index in [-0.39, 0.29) is 5.69 Å². The number of rotatable bonds is 5. The van der Waals surface area contributed by atoms with Gasteiger partial charge in [-0.05, 0) is 42.5 Å². The van der Waals surface area contributed by atoms with Crippen molar-refractivity contribution in [2.24, 2.45) is 0 Å². The molecule has 2 aromatic heterocycles. The van der Waals surface area contributed by atoms with Crippen molar-refractivity contribution >= 4 is 45.7 Å². The number of nitrogens with one attached hydrogen (secondary N) is 3. The molecular formula is C23H17ClF3N5O2. The first-order valence-corrected chi connectivity index (χ1v) is 10.3. The average molecular weight is 488 g/mol. The molecular weight excluding hydrogens is 471 g/mol. The number of halogens is 4.